The lowest BCUT2D eigenvalue weighted by Crippen LogP contribution is -2.20. The van der Waals surface area contributed by atoms with E-state index in [1.807, 2.05) is 24.3 Å². The van der Waals surface area contributed by atoms with Gasteiger partial charge in [-0.2, -0.15) is 5.10 Å². The smallest absolute Gasteiger partial charge is 0.160 e. The molecule has 4 rings (SSSR count). The number of benzene rings is 1. The van der Waals surface area contributed by atoms with Crippen LogP contribution in [0.2, 0.25) is 5.02 Å². The third kappa shape index (κ3) is 3.07. The molecule has 0 saturated heterocycles. The topological polar surface area (TPSA) is 75.7 Å². The molecule has 118 valence electrons. The average Bonchev–Trinajstić information content (AvgIpc) is 3.17. The van der Waals surface area contributed by atoms with Gasteiger partial charge in [-0.05, 0) is 31.0 Å². The fraction of sp³-hybridized carbons (Fsp3) is 0.312. The van der Waals surface area contributed by atoms with Gasteiger partial charge in [0.2, 0.25) is 0 Å². The molecule has 1 aliphatic rings. The molecule has 1 aromatic carbocycles. The molecule has 1 fully saturated rings. The third-order valence-corrected chi connectivity index (χ3v) is 4.31. The van der Waals surface area contributed by atoms with Crippen LogP contribution in [0.3, 0.4) is 0 Å². The van der Waals surface area contributed by atoms with E-state index in [-0.39, 0.29) is 6.10 Å². The molecule has 0 bridgehead atoms. The molecule has 3 aromatic rings. The van der Waals surface area contributed by atoms with Crippen molar-refractivity contribution in [2.75, 3.05) is 5.32 Å². The summed E-state index contributed by atoms with van der Waals surface area (Å²) in [6.07, 6.45) is 6.44. The fourth-order valence-electron chi connectivity index (χ4n) is 2.98. The van der Waals surface area contributed by atoms with Gasteiger partial charge in [-0.1, -0.05) is 17.7 Å². The van der Waals surface area contributed by atoms with Crippen LogP contribution in [0.15, 0.2) is 36.8 Å². The van der Waals surface area contributed by atoms with Gasteiger partial charge < -0.3 is 10.1 Å². The van der Waals surface area contributed by atoms with Crippen molar-refractivity contribution in [2.45, 2.75) is 31.4 Å². The number of H-pyrrole nitrogens is 1. The molecule has 1 saturated carbocycles. The molecule has 1 aliphatic carbocycles. The van der Waals surface area contributed by atoms with Crippen molar-refractivity contribution in [3.8, 4) is 5.75 Å². The molecule has 0 aliphatic heterocycles. The summed E-state index contributed by atoms with van der Waals surface area (Å²) in [4.78, 5) is 8.47. The number of hydrogen-bond donors (Lipinski definition) is 2. The van der Waals surface area contributed by atoms with E-state index >= 15 is 0 Å². The summed E-state index contributed by atoms with van der Waals surface area (Å²) in [5, 5.41) is 11.9. The van der Waals surface area contributed by atoms with E-state index in [4.69, 9.17) is 16.3 Å². The first-order valence-electron chi connectivity index (χ1n) is 7.61. The van der Waals surface area contributed by atoms with E-state index in [0.717, 1.165) is 41.9 Å². The number of nitrogens with zero attached hydrogens (tertiary/aromatic N) is 3. The Kier molecular flexibility index (Phi) is 3.75. The average molecular weight is 330 g/mol. The van der Waals surface area contributed by atoms with E-state index in [1.54, 1.807) is 6.20 Å². The lowest BCUT2D eigenvalue weighted by Gasteiger charge is -2.16. The van der Waals surface area contributed by atoms with Crippen LogP contribution in [0.1, 0.15) is 19.3 Å². The molecule has 2 atom stereocenters. The minimum atomic E-state index is 0.188. The molecule has 2 unspecified atom stereocenters. The number of rotatable bonds is 4. The van der Waals surface area contributed by atoms with Crippen molar-refractivity contribution in [2.24, 2.45) is 0 Å². The summed E-state index contributed by atoms with van der Waals surface area (Å²) in [7, 11) is 0. The van der Waals surface area contributed by atoms with E-state index in [1.165, 1.54) is 6.33 Å². The van der Waals surface area contributed by atoms with Crippen LogP contribution in [0, 0.1) is 0 Å². The maximum absolute atomic E-state index is 6.02. The highest BCUT2D eigenvalue weighted by Crippen LogP contribution is 2.29. The molecular weight excluding hydrogens is 314 g/mol. The number of ether oxygens (including phenoxy) is 1. The van der Waals surface area contributed by atoms with Gasteiger partial charge in [0, 0.05) is 17.5 Å². The number of aromatic amines is 1. The lowest BCUT2D eigenvalue weighted by molar-refractivity contribution is 0.209. The first kappa shape index (κ1) is 14.3. The van der Waals surface area contributed by atoms with E-state index in [0.29, 0.717) is 11.1 Å². The number of nitrogens with one attached hydrogen (secondary N) is 2. The quantitative estimate of drug-likeness (QED) is 0.767. The Balaban J connectivity index is 1.41. The summed E-state index contributed by atoms with van der Waals surface area (Å²) >= 11 is 6.00. The van der Waals surface area contributed by atoms with Crippen LogP contribution in [0.4, 0.5) is 5.82 Å². The van der Waals surface area contributed by atoms with Gasteiger partial charge in [-0.15, -0.1) is 0 Å². The third-order valence-electron chi connectivity index (χ3n) is 4.07. The highest BCUT2D eigenvalue weighted by Gasteiger charge is 2.27. The first-order chi connectivity index (χ1) is 11.3. The second-order valence-electron chi connectivity index (χ2n) is 5.71. The second-order valence-corrected chi connectivity index (χ2v) is 6.14. The Labute approximate surface area is 138 Å². The zero-order chi connectivity index (χ0) is 15.6. The van der Waals surface area contributed by atoms with Gasteiger partial charge in [0.25, 0.3) is 0 Å². The number of anilines is 1. The number of aromatic nitrogens is 4. The normalized spacial score (nSPS) is 20.7. The largest absolute Gasteiger partial charge is 0.490 e. The fourth-order valence-corrected chi connectivity index (χ4v) is 3.16. The molecule has 2 aromatic heterocycles. The molecule has 2 heterocycles. The van der Waals surface area contributed by atoms with E-state index in [2.05, 4.69) is 25.5 Å². The van der Waals surface area contributed by atoms with Gasteiger partial charge in [0.15, 0.2) is 5.65 Å². The molecule has 23 heavy (non-hydrogen) atoms. The Morgan fingerprint density at radius 1 is 1.26 bits per heavy atom. The van der Waals surface area contributed by atoms with Crippen molar-refractivity contribution in [3.63, 3.8) is 0 Å². The van der Waals surface area contributed by atoms with Crippen molar-refractivity contribution in [1.29, 1.82) is 0 Å². The number of halogens is 1. The maximum Gasteiger partial charge on any atom is 0.160 e. The molecule has 6 nitrogen and oxygen atoms in total. The predicted molar refractivity (Wildman–Crippen MR) is 88.8 cm³/mol. The standard InChI is InChI=1S/C16H16ClN5O/c17-10-2-1-3-12(6-10)23-13-5-4-11(7-13)21-15-14-8-20-22-16(14)19-9-18-15/h1-3,6,8-9,11,13H,4-5,7H2,(H2,18,19,20,21,22). The minimum Gasteiger partial charge on any atom is -0.490 e. The van der Waals surface area contributed by atoms with E-state index < -0.39 is 0 Å². The minimum absolute atomic E-state index is 0.188. The predicted octanol–water partition coefficient (Wildman–Crippen LogP) is 3.42. The summed E-state index contributed by atoms with van der Waals surface area (Å²) in [5.74, 6) is 1.64. The highest BCUT2D eigenvalue weighted by atomic mass is 35.5. The van der Waals surface area contributed by atoms with Crippen molar-refractivity contribution < 1.29 is 4.74 Å². The van der Waals surface area contributed by atoms with Crippen molar-refractivity contribution in [3.05, 3.63) is 41.8 Å². The van der Waals surface area contributed by atoms with Gasteiger partial charge in [0.05, 0.1) is 11.6 Å². The SMILES string of the molecule is Clc1cccc(OC2CCC(Nc3ncnc4[nH]ncc34)C2)c1. The Bertz CT molecular complexity index is 821. The molecule has 2 N–H and O–H groups in total. The van der Waals surface area contributed by atoms with Crippen LogP contribution in [0.5, 0.6) is 5.75 Å². The Hall–Kier alpha value is -2.34. The summed E-state index contributed by atoms with van der Waals surface area (Å²) < 4.78 is 6.02. The molecule has 0 spiro atoms. The summed E-state index contributed by atoms with van der Waals surface area (Å²) in [6.45, 7) is 0. The van der Waals surface area contributed by atoms with Crippen LogP contribution in [-0.4, -0.2) is 32.3 Å². The summed E-state index contributed by atoms with van der Waals surface area (Å²) in [6, 6.07) is 7.86. The molecule has 7 heteroatoms. The lowest BCUT2D eigenvalue weighted by atomic mass is 10.2. The van der Waals surface area contributed by atoms with Gasteiger partial charge in [0.1, 0.15) is 24.0 Å². The first-order valence-corrected chi connectivity index (χ1v) is 7.98. The van der Waals surface area contributed by atoms with Crippen LogP contribution in [0.25, 0.3) is 11.0 Å². The zero-order valence-electron chi connectivity index (χ0n) is 12.4. The van der Waals surface area contributed by atoms with Gasteiger partial charge in [-0.25, -0.2) is 9.97 Å². The van der Waals surface area contributed by atoms with Crippen LogP contribution in [-0.2, 0) is 0 Å². The highest BCUT2D eigenvalue weighted by molar-refractivity contribution is 6.30. The van der Waals surface area contributed by atoms with Crippen LogP contribution >= 0.6 is 11.6 Å². The number of hydrogen-bond acceptors (Lipinski definition) is 5. The second kappa shape index (κ2) is 6.04. The van der Waals surface area contributed by atoms with E-state index in [9.17, 15) is 0 Å². The summed E-state index contributed by atoms with van der Waals surface area (Å²) in [5.41, 5.74) is 0.743. The zero-order valence-corrected chi connectivity index (χ0v) is 13.1. The van der Waals surface area contributed by atoms with Crippen LogP contribution < -0.4 is 10.1 Å². The van der Waals surface area contributed by atoms with Crippen molar-refractivity contribution >= 4 is 28.5 Å². The van der Waals surface area contributed by atoms with Crippen molar-refractivity contribution in [1.82, 2.24) is 20.2 Å². The monoisotopic (exact) mass is 329 g/mol. The Morgan fingerprint density at radius 3 is 3.13 bits per heavy atom. The molecule has 0 amide bonds. The maximum atomic E-state index is 6.02. The Morgan fingerprint density at radius 2 is 2.22 bits per heavy atom. The van der Waals surface area contributed by atoms with Gasteiger partial charge in [-0.3, -0.25) is 5.10 Å². The molecular formula is C16H16ClN5O. The molecule has 0 radical (unpaired) electrons. The van der Waals surface area contributed by atoms with Gasteiger partial charge >= 0.3 is 0 Å². The number of fused-ring (bicyclic) bond motifs is 1.